The highest BCUT2D eigenvalue weighted by Gasteiger charge is 2.43. The maximum Gasteiger partial charge on any atom is 0.243 e. The molecular formula is C20H23NO5S. The summed E-state index contributed by atoms with van der Waals surface area (Å²) in [6, 6.07) is 14.2. The van der Waals surface area contributed by atoms with Gasteiger partial charge in [0.2, 0.25) is 10.0 Å². The predicted octanol–water partition coefficient (Wildman–Crippen LogP) is 2.83. The van der Waals surface area contributed by atoms with Gasteiger partial charge in [0.25, 0.3) is 0 Å². The van der Waals surface area contributed by atoms with Crippen LogP contribution in [0.15, 0.2) is 53.4 Å². The van der Waals surface area contributed by atoms with E-state index in [0.29, 0.717) is 38.3 Å². The Morgan fingerprint density at radius 1 is 1.04 bits per heavy atom. The zero-order chi connectivity index (χ0) is 18.9. The van der Waals surface area contributed by atoms with E-state index in [0.717, 1.165) is 11.3 Å². The maximum absolute atomic E-state index is 13.4. The van der Waals surface area contributed by atoms with E-state index in [1.54, 1.807) is 31.4 Å². The largest absolute Gasteiger partial charge is 0.497 e. The number of rotatable bonds is 3. The van der Waals surface area contributed by atoms with Crippen LogP contribution in [0.1, 0.15) is 18.4 Å². The normalized spacial score (nSPS) is 19.7. The van der Waals surface area contributed by atoms with Gasteiger partial charge in [0.05, 0.1) is 31.8 Å². The van der Waals surface area contributed by atoms with Gasteiger partial charge in [-0.3, -0.25) is 0 Å². The monoisotopic (exact) mass is 389 g/mol. The van der Waals surface area contributed by atoms with Crippen LogP contribution in [0.3, 0.4) is 0 Å². The molecule has 0 aromatic heterocycles. The van der Waals surface area contributed by atoms with Crippen molar-refractivity contribution in [1.29, 1.82) is 0 Å². The van der Waals surface area contributed by atoms with Crippen LogP contribution >= 0.6 is 0 Å². The van der Waals surface area contributed by atoms with E-state index in [-0.39, 0.29) is 11.4 Å². The molecule has 2 heterocycles. The Morgan fingerprint density at radius 3 is 2.44 bits per heavy atom. The first-order valence-corrected chi connectivity index (χ1v) is 10.5. The summed E-state index contributed by atoms with van der Waals surface area (Å²) in [6.07, 6.45) is 1.33. The third-order valence-corrected chi connectivity index (χ3v) is 7.02. The Hall–Kier alpha value is -2.09. The van der Waals surface area contributed by atoms with Crippen molar-refractivity contribution >= 4 is 10.0 Å². The number of sulfonamides is 1. The zero-order valence-electron chi connectivity index (χ0n) is 15.3. The van der Waals surface area contributed by atoms with Gasteiger partial charge in [-0.15, -0.1) is 0 Å². The average Bonchev–Trinajstić information content (AvgIpc) is 2.85. The van der Waals surface area contributed by atoms with Crippen LogP contribution < -0.4 is 9.47 Å². The molecule has 2 aromatic carbocycles. The Balaban J connectivity index is 1.73. The predicted molar refractivity (Wildman–Crippen MR) is 100 cm³/mol. The Labute approximate surface area is 159 Å². The van der Waals surface area contributed by atoms with E-state index in [9.17, 15) is 8.42 Å². The van der Waals surface area contributed by atoms with Crippen LogP contribution in [-0.4, -0.2) is 45.2 Å². The van der Waals surface area contributed by atoms with Gasteiger partial charge in [-0.2, -0.15) is 4.31 Å². The van der Waals surface area contributed by atoms with Crippen LogP contribution in [0.4, 0.5) is 0 Å². The quantitative estimate of drug-likeness (QED) is 0.808. The van der Waals surface area contributed by atoms with Gasteiger partial charge in [0, 0.05) is 24.9 Å². The van der Waals surface area contributed by atoms with E-state index >= 15 is 0 Å². The van der Waals surface area contributed by atoms with Crippen molar-refractivity contribution < 1.29 is 22.6 Å². The van der Waals surface area contributed by atoms with Gasteiger partial charge >= 0.3 is 0 Å². The van der Waals surface area contributed by atoms with Crippen LogP contribution in [-0.2, 0) is 21.3 Å². The standard InChI is InChI=1S/C20H23NO5S/c1-24-17-6-8-18(9-7-17)27(22,23)21-14-16-4-2-3-5-19(16)26-20(15-21)10-12-25-13-11-20/h2-9H,10-15H2,1H3. The Morgan fingerprint density at radius 2 is 1.74 bits per heavy atom. The lowest BCUT2D eigenvalue weighted by molar-refractivity contribution is -0.0500. The molecule has 0 bridgehead atoms. The topological polar surface area (TPSA) is 65.1 Å². The molecule has 0 amide bonds. The number of hydrogen-bond acceptors (Lipinski definition) is 5. The minimum Gasteiger partial charge on any atom is -0.497 e. The summed E-state index contributed by atoms with van der Waals surface area (Å²) < 4.78 is 45.3. The number of para-hydroxylation sites is 1. The molecule has 1 fully saturated rings. The third-order valence-electron chi connectivity index (χ3n) is 5.21. The molecule has 0 radical (unpaired) electrons. The van der Waals surface area contributed by atoms with Gasteiger partial charge in [0.15, 0.2) is 0 Å². The zero-order valence-corrected chi connectivity index (χ0v) is 16.1. The summed E-state index contributed by atoms with van der Waals surface area (Å²) in [5.74, 6) is 1.38. The molecule has 1 spiro atoms. The molecule has 2 aliphatic heterocycles. The van der Waals surface area contributed by atoms with Crippen LogP contribution in [0.5, 0.6) is 11.5 Å². The molecule has 144 valence electrons. The number of hydrogen-bond donors (Lipinski definition) is 0. The molecule has 7 heteroatoms. The van der Waals surface area contributed by atoms with E-state index in [1.165, 1.54) is 4.31 Å². The fourth-order valence-corrected chi connectivity index (χ4v) is 5.13. The summed E-state index contributed by atoms with van der Waals surface area (Å²) >= 11 is 0. The summed E-state index contributed by atoms with van der Waals surface area (Å²) in [7, 11) is -2.11. The molecule has 0 atom stereocenters. The molecular weight excluding hydrogens is 366 g/mol. The molecule has 0 unspecified atom stereocenters. The maximum atomic E-state index is 13.4. The van der Waals surface area contributed by atoms with Crippen LogP contribution in [0, 0.1) is 0 Å². The van der Waals surface area contributed by atoms with Crippen LogP contribution in [0.25, 0.3) is 0 Å². The SMILES string of the molecule is COc1ccc(S(=O)(=O)N2Cc3ccccc3OC3(CCOCC3)C2)cc1. The molecule has 0 aliphatic carbocycles. The molecule has 27 heavy (non-hydrogen) atoms. The van der Waals surface area contributed by atoms with Crippen molar-refractivity contribution in [2.75, 3.05) is 26.9 Å². The van der Waals surface area contributed by atoms with E-state index in [2.05, 4.69) is 0 Å². The van der Waals surface area contributed by atoms with Gasteiger partial charge < -0.3 is 14.2 Å². The van der Waals surface area contributed by atoms with Crippen molar-refractivity contribution in [2.45, 2.75) is 29.9 Å². The highest BCUT2D eigenvalue weighted by Crippen LogP contribution is 2.37. The average molecular weight is 389 g/mol. The minimum absolute atomic E-state index is 0.255. The lowest BCUT2D eigenvalue weighted by Gasteiger charge is -2.38. The summed E-state index contributed by atoms with van der Waals surface area (Å²) in [5.41, 5.74) is 0.308. The number of fused-ring (bicyclic) bond motifs is 1. The number of benzene rings is 2. The smallest absolute Gasteiger partial charge is 0.243 e. The second kappa shape index (κ2) is 7.14. The van der Waals surface area contributed by atoms with E-state index in [1.807, 2.05) is 24.3 Å². The molecule has 2 aliphatic rings. The van der Waals surface area contributed by atoms with Crippen molar-refractivity contribution in [2.24, 2.45) is 0 Å². The molecule has 1 saturated heterocycles. The minimum atomic E-state index is -3.67. The molecule has 6 nitrogen and oxygen atoms in total. The van der Waals surface area contributed by atoms with Crippen molar-refractivity contribution in [3.8, 4) is 11.5 Å². The van der Waals surface area contributed by atoms with E-state index < -0.39 is 15.6 Å². The highest BCUT2D eigenvalue weighted by molar-refractivity contribution is 7.89. The summed E-state index contributed by atoms with van der Waals surface area (Å²) in [5, 5.41) is 0. The fourth-order valence-electron chi connectivity index (χ4n) is 3.64. The first kappa shape index (κ1) is 18.3. The van der Waals surface area contributed by atoms with Crippen molar-refractivity contribution in [1.82, 2.24) is 4.31 Å². The number of nitrogens with zero attached hydrogens (tertiary/aromatic N) is 1. The highest BCUT2D eigenvalue weighted by atomic mass is 32.2. The fraction of sp³-hybridized carbons (Fsp3) is 0.400. The molecule has 4 rings (SSSR count). The third kappa shape index (κ3) is 3.54. The Kier molecular flexibility index (Phi) is 4.84. The Bertz CT molecular complexity index is 904. The first-order valence-electron chi connectivity index (χ1n) is 9.01. The second-order valence-electron chi connectivity index (χ2n) is 6.95. The lowest BCUT2D eigenvalue weighted by atomic mass is 9.94. The molecule has 0 saturated carbocycles. The number of ether oxygens (including phenoxy) is 3. The van der Waals surface area contributed by atoms with Gasteiger partial charge in [-0.25, -0.2) is 8.42 Å². The van der Waals surface area contributed by atoms with E-state index in [4.69, 9.17) is 14.2 Å². The van der Waals surface area contributed by atoms with Gasteiger partial charge in [-0.05, 0) is 30.3 Å². The second-order valence-corrected chi connectivity index (χ2v) is 8.89. The lowest BCUT2D eigenvalue weighted by Crippen LogP contribution is -2.50. The van der Waals surface area contributed by atoms with Crippen molar-refractivity contribution in [3.63, 3.8) is 0 Å². The summed E-state index contributed by atoms with van der Waals surface area (Å²) in [6.45, 7) is 1.73. The number of methoxy groups -OCH3 is 1. The van der Waals surface area contributed by atoms with Gasteiger partial charge in [-0.1, -0.05) is 18.2 Å². The van der Waals surface area contributed by atoms with Crippen molar-refractivity contribution in [3.05, 3.63) is 54.1 Å². The first-order chi connectivity index (χ1) is 13.0. The van der Waals surface area contributed by atoms with Crippen LogP contribution in [0.2, 0.25) is 0 Å². The summed E-state index contributed by atoms with van der Waals surface area (Å²) in [4.78, 5) is 0.255. The van der Waals surface area contributed by atoms with Gasteiger partial charge in [0.1, 0.15) is 17.1 Å². The molecule has 2 aromatic rings. The molecule has 0 N–H and O–H groups in total.